The number of aliphatic hydroxyl groups excluding tert-OH is 2. The Morgan fingerprint density at radius 3 is 2.73 bits per heavy atom. The topological polar surface area (TPSA) is 110 Å². The van der Waals surface area contributed by atoms with E-state index in [4.69, 9.17) is 4.74 Å². The van der Waals surface area contributed by atoms with Crippen LogP contribution in [0, 0.1) is 11.1 Å². The Morgan fingerprint density at radius 1 is 1.55 bits per heavy atom. The van der Waals surface area contributed by atoms with Crippen LogP contribution in [-0.2, 0) is 9.53 Å². The Hall–Kier alpha value is -0.990. The standard InChI is InChI=1S/C15H25NO6/c1-9(2)15(20,10(3)17)14(19)22-8-11-4-6-16(21)7-5-12(18)13(11)16/h4,9-10,12-13,17-18,20H,5-8H2,1-3H3/t10-,12+,13-,15+,16-/m0/s1. The monoisotopic (exact) mass is 315 g/mol. The van der Waals surface area contributed by atoms with Gasteiger partial charge in [0.1, 0.15) is 18.8 Å². The molecule has 126 valence electrons. The third-order valence-electron chi connectivity index (χ3n) is 4.93. The fourth-order valence-corrected chi connectivity index (χ4v) is 3.41. The molecule has 3 N–H and O–H groups in total. The van der Waals surface area contributed by atoms with Crippen LogP contribution in [0.4, 0.5) is 0 Å². The SMILES string of the molecule is CC(C)[C@](O)(C(=O)OCC1=CC[N@+]2([O-])CC[C@@H](O)[C@H]12)[C@H](C)O. The maximum absolute atomic E-state index is 12.4. The summed E-state index contributed by atoms with van der Waals surface area (Å²) in [5.74, 6) is -1.44. The molecule has 2 heterocycles. The van der Waals surface area contributed by atoms with Gasteiger partial charge in [0.2, 0.25) is 0 Å². The first-order chi connectivity index (χ1) is 10.1. The average molecular weight is 315 g/mol. The molecular formula is C15H25NO6. The molecule has 0 bridgehead atoms. The van der Waals surface area contributed by atoms with Gasteiger partial charge in [-0.15, -0.1) is 0 Å². The minimum Gasteiger partial charge on any atom is -0.632 e. The highest BCUT2D eigenvalue weighted by Gasteiger charge is 2.49. The third-order valence-corrected chi connectivity index (χ3v) is 4.93. The van der Waals surface area contributed by atoms with E-state index in [0.717, 1.165) is 0 Å². The van der Waals surface area contributed by atoms with Crippen molar-refractivity contribution in [1.29, 1.82) is 0 Å². The van der Waals surface area contributed by atoms with Crippen LogP contribution >= 0.6 is 0 Å². The molecule has 2 aliphatic rings. The van der Waals surface area contributed by atoms with Crippen molar-refractivity contribution in [3.8, 4) is 0 Å². The molecule has 0 aromatic heterocycles. The quantitative estimate of drug-likeness (QED) is 0.278. The molecule has 0 unspecified atom stereocenters. The Balaban J connectivity index is 2.03. The van der Waals surface area contributed by atoms with Gasteiger partial charge in [0.25, 0.3) is 0 Å². The number of carbonyl (C=O) groups is 1. The number of hydrogen-bond donors (Lipinski definition) is 3. The molecular weight excluding hydrogens is 290 g/mol. The van der Waals surface area contributed by atoms with Crippen LogP contribution in [0.1, 0.15) is 27.2 Å². The van der Waals surface area contributed by atoms with Crippen LogP contribution in [0.25, 0.3) is 0 Å². The van der Waals surface area contributed by atoms with Crippen molar-refractivity contribution >= 4 is 5.97 Å². The Kier molecular flexibility index (Phi) is 4.66. The third kappa shape index (κ3) is 2.68. The zero-order valence-corrected chi connectivity index (χ0v) is 13.2. The summed E-state index contributed by atoms with van der Waals surface area (Å²) in [4.78, 5) is 12.2. The Bertz CT molecular complexity index is 467. The number of hydroxylamine groups is 3. The lowest BCUT2D eigenvalue weighted by Gasteiger charge is -2.40. The van der Waals surface area contributed by atoms with Gasteiger partial charge in [-0.3, -0.25) is 0 Å². The second-order valence-corrected chi connectivity index (χ2v) is 6.67. The van der Waals surface area contributed by atoms with Gasteiger partial charge in [-0.05, 0) is 18.9 Å². The molecule has 0 aliphatic carbocycles. The first kappa shape index (κ1) is 17.4. The van der Waals surface area contributed by atoms with E-state index in [-0.39, 0.29) is 13.2 Å². The van der Waals surface area contributed by atoms with Gasteiger partial charge in [-0.2, -0.15) is 0 Å². The lowest BCUT2D eigenvalue weighted by atomic mass is 9.85. The molecule has 2 rings (SSSR count). The van der Waals surface area contributed by atoms with E-state index >= 15 is 0 Å². The maximum atomic E-state index is 12.4. The van der Waals surface area contributed by atoms with E-state index in [1.807, 2.05) is 0 Å². The highest BCUT2D eigenvalue weighted by atomic mass is 16.6. The summed E-state index contributed by atoms with van der Waals surface area (Å²) >= 11 is 0. The van der Waals surface area contributed by atoms with Gasteiger partial charge in [0.15, 0.2) is 5.60 Å². The first-order valence-corrected chi connectivity index (χ1v) is 7.65. The van der Waals surface area contributed by atoms with Crippen molar-refractivity contribution in [1.82, 2.24) is 0 Å². The van der Waals surface area contributed by atoms with Gasteiger partial charge >= 0.3 is 5.97 Å². The van der Waals surface area contributed by atoms with Crippen molar-refractivity contribution in [2.75, 3.05) is 19.7 Å². The van der Waals surface area contributed by atoms with Gasteiger partial charge in [0, 0.05) is 12.0 Å². The molecule has 0 spiro atoms. The van der Waals surface area contributed by atoms with E-state index in [1.165, 1.54) is 6.92 Å². The molecule has 5 atom stereocenters. The van der Waals surface area contributed by atoms with E-state index in [0.29, 0.717) is 18.5 Å². The molecule has 2 aliphatic heterocycles. The normalized spacial score (nSPS) is 35.0. The summed E-state index contributed by atoms with van der Waals surface area (Å²) in [5, 5.41) is 42.4. The van der Waals surface area contributed by atoms with Crippen LogP contribution in [-0.4, -0.2) is 69.5 Å². The summed E-state index contributed by atoms with van der Waals surface area (Å²) in [6, 6.07) is -0.591. The Morgan fingerprint density at radius 2 is 2.18 bits per heavy atom. The van der Waals surface area contributed by atoms with E-state index in [9.17, 15) is 25.3 Å². The number of esters is 1. The number of nitrogens with zero attached hydrogens (tertiary/aromatic N) is 1. The molecule has 0 aromatic rings. The zero-order valence-electron chi connectivity index (χ0n) is 13.2. The largest absolute Gasteiger partial charge is 0.632 e. The van der Waals surface area contributed by atoms with E-state index in [1.54, 1.807) is 19.9 Å². The summed E-state index contributed by atoms with van der Waals surface area (Å²) in [6.45, 7) is 5.02. The molecule has 0 radical (unpaired) electrons. The fourth-order valence-electron chi connectivity index (χ4n) is 3.41. The molecule has 0 amide bonds. The molecule has 7 nitrogen and oxygen atoms in total. The van der Waals surface area contributed by atoms with Crippen LogP contribution in [0.3, 0.4) is 0 Å². The smallest absolute Gasteiger partial charge is 0.341 e. The van der Waals surface area contributed by atoms with Gasteiger partial charge in [-0.1, -0.05) is 13.8 Å². The lowest BCUT2D eigenvalue weighted by molar-refractivity contribution is -0.877. The maximum Gasteiger partial charge on any atom is 0.341 e. The number of quaternary nitrogens is 1. The summed E-state index contributed by atoms with van der Waals surface area (Å²) in [6.07, 6.45) is 0.127. The van der Waals surface area contributed by atoms with Gasteiger partial charge in [0.05, 0.1) is 19.2 Å². The summed E-state index contributed by atoms with van der Waals surface area (Å²) in [7, 11) is 0. The number of carbonyl (C=O) groups excluding carboxylic acids is 1. The van der Waals surface area contributed by atoms with Crippen molar-refractivity contribution < 1.29 is 29.5 Å². The first-order valence-electron chi connectivity index (χ1n) is 7.65. The average Bonchev–Trinajstić information content (AvgIpc) is 2.92. The molecule has 0 aromatic carbocycles. The van der Waals surface area contributed by atoms with Crippen molar-refractivity contribution in [2.24, 2.45) is 5.92 Å². The van der Waals surface area contributed by atoms with Crippen molar-refractivity contribution in [3.63, 3.8) is 0 Å². The summed E-state index contributed by atoms with van der Waals surface area (Å²) in [5.41, 5.74) is -1.40. The Labute approximate surface area is 130 Å². The number of rotatable bonds is 5. The minimum absolute atomic E-state index is 0.148. The van der Waals surface area contributed by atoms with Crippen LogP contribution < -0.4 is 0 Å². The molecule has 0 saturated carbocycles. The predicted molar refractivity (Wildman–Crippen MR) is 78.3 cm³/mol. The highest BCUT2D eigenvalue weighted by Crippen LogP contribution is 2.36. The number of fused-ring (bicyclic) bond motifs is 1. The number of ether oxygens (including phenoxy) is 1. The van der Waals surface area contributed by atoms with Crippen LogP contribution in [0.15, 0.2) is 11.6 Å². The van der Waals surface area contributed by atoms with Crippen LogP contribution in [0.5, 0.6) is 0 Å². The fraction of sp³-hybridized carbons (Fsp3) is 0.800. The second kappa shape index (κ2) is 5.90. The second-order valence-electron chi connectivity index (χ2n) is 6.67. The number of aliphatic hydroxyl groups is 3. The van der Waals surface area contributed by atoms with Crippen molar-refractivity contribution in [3.05, 3.63) is 16.9 Å². The van der Waals surface area contributed by atoms with Gasteiger partial charge in [-0.25, -0.2) is 4.79 Å². The summed E-state index contributed by atoms with van der Waals surface area (Å²) < 4.78 is 4.64. The molecule has 7 heteroatoms. The lowest BCUT2D eigenvalue weighted by Crippen LogP contribution is -2.53. The van der Waals surface area contributed by atoms with Gasteiger partial charge < -0.3 is 29.9 Å². The van der Waals surface area contributed by atoms with E-state index in [2.05, 4.69) is 0 Å². The minimum atomic E-state index is -1.99. The highest BCUT2D eigenvalue weighted by molar-refractivity contribution is 5.80. The predicted octanol–water partition coefficient (Wildman–Crippen LogP) is -0.315. The molecule has 22 heavy (non-hydrogen) atoms. The van der Waals surface area contributed by atoms with Crippen molar-refractivity contribution in [2.45, 2.75) is 51.0 Å². The molecule has 1 saturated heterocycles. The van der Waals surface area contributed by atoms with Crippen LogP contribution in [0.2, 0.25) is 0 Å². The zero-order chi connectivity index (χ0) is 16.7. The number of hydrogen-bond acceptors (Lipinski definition) is 6. The van der Waals surface area contributed by atoms with E-state index < -0.39 is 40.4 Å². The molecule has 1 fully saturated rings.